The molecule has 5 rings (SSSR count). The molecule has 4 aromatic rings. The number of nitrogens with one attached hydrogen (secondary N) is 1. The molecule has 0 bridgehead atoms. The predicted octanol–water partition coefficient (Wildman–Crippen LogP) is 4.11. The number of rotatable bonds is 6. The van der Waals surface area contributed by atoms with E-state index in [0.29, 0.717) is 16.6 Å². The molecule has 2 N–H and O–H groups in total. The Hall–Kier alpha value is -4.18. The van der Waals surface area contributed by atoms with Crippen molar-refractivity contribution in [3.63, 3.8) is 0 Å². The Morgan fingerprint density at radius 1 is 0.865 bits per heavy atom. The molecule has 0 saturated heterocycles. The summed E-state index contributed by atoms with van der Waals surface area (Å²) in [6, 6.07) is 18.6. The Balaban J connectivity index is 1.53. The van der Waals surface area contributed by atoms with E-state index in [-0.39, 0.29) is 27.6 Å². The molecule has 1 fully saturated rings. The first-order valence-electron chi connectivity index (χ1n) is 12.0. The Morgan fingerprint density at radius 2 is 1.51 bits per heavy atom. The molecule has 0 unspecified atom stereocenters. The normalized spacial score (nSPS) is 14.5. The van der Waals surface area contributed by atoms with Gasteiger partial charge in [-0.25, -0.2) is 22.6 Å². The number of sulfonamides is 1. The highest BCUT2D eigenvalue weighted by atomic mass is 32.2. The molecule has 37 heavy (non-hydrogen) atoms. The average Bonchev–Trinajstić information content (AvgIpc) is 3.21. The lowest BCUT2D eigenvalue weighted by Crippen LogP contribution is -2.30. The summed E-state index contributed by atoms with van der Waals surface area (Å²) in [6.07, 6.45) is 5.18. The van der Waals surface area contributed by atoms with E-state index in [4.69, 9.17) is 5.11 Å². The van der Waals surface area contributed by atoms with Crippen molar-refractivity contribution in [2.24, 2.45) is 0 Å². The highest BCUT2D eigenvalue weighted by Gasteiger charge is 2.25. The zero-order chi connectivity index (χ0) is 26.2. The largest absolute Gasteiger partial charge is 0.478 e. The quantitative estimate of drug-likeness (QED) is 0.395. The third-order valence-electron chi connectivity index (χ3n) is 6.70. The summed E-state index contributed by atoms with van der Waals surface area (Å²) >= 11 is 0. The lowest BCUT2D eigenvalue weighted by molar-refractivity contribution is 0.0696. The summed E-state index contributed by atoms with van der Waals surface area (Å²) in [4.78, 5) is 37.3. The van der Waals surface area contributed by atoms with Crippen molar-refractivity contribution in [3.8, 4) is 5.69 Å². The summed E-state index contributed by atoms with van der Waals surface area (Å²) in [7, 11) is -4.26. The van der Waals surface area contributed by atoms with Crippen LogP contribution in [0.4, 0.5) is 0 Å². The Kier molecular flexibility index (Phi) is 6.43. The molecule has 0 atom stereocenters. The van der Waals surface area contributed by atoms with Crippen LogP contribution in [0.3, 0.4) is 0 Å². The van der Waals surface area contributed by atoms with Gasteiger partial charge >= 0.3 is 5.97 Å². The molecule has 1 amide bonds. The molecule has 1 aliphatic rings. The monoisotopic (exact) mass is 519 g/mol. The maximum atomic E-state index is 13.6. The smallest absolute Gasteiger partial charge is 0.335 e. The highest BCUT2D eigenvalue weighted by Crippen LogP contribution is 2.32. The Bertz CT molecular complexity index is 1650. The SMILES string of the molecule is O=C(O)c1ccc(S(=O)(=O)NC(=O)c2ccc3c(c2)c(=O)n(-c2ccccc2)n3C2CCCCC2)cc1. The zero-order valence-corrected chi connectivity index (χ0v) is 20.6. The van der Waals surface area contributed by atoms with Crippen LogP contribution in [0.1, 0.15) is 58.9 Å². The van der Waals surface area contributed by atoms with Crippen LogP contribution >= 0.6 is 0 Å². The number of nitrogens with zero attached hydrogens (tertiary/aromatic N) is 2. The van der Waals surface area contributed by atoms with Crippen LogP contribution in [0.15, 0.2) is 82.5 Å². The first-order chi connectivity index (χ1) is 17.8. The fourth-order valence-electron chi connectivity index (χ4n) is 4.88. The predicted molar refractivity (Wildman–Crippen MR) is 138 cm³/mol. The van der Waals surface area contributed by atoms with Gasteiger partial charge in [0.2, 0.25) is 0 Å². The molecule has 0 aliphatic heterocycles. The Morgan fingerprint density at radius 3 is 2.16 bits per heavy atom. The summed E-state index contributed by atoms with van der Waals surface area (Å²) in [5.74, 6) is -2.08. The van der Waals surface area contributed by atoms with Crippen molar-refractivity contribution < 1.29 is 23.1 Å². The van der Waals surface area contributed by atoms with Gasteiger partial charge in [-0.1, -0.05) is 37.5 Å². The van der Waals surface area contributed by atoms with Crippen LogP contribution in [0.5, 0.6) is 0 Å². The van der Waals surface area contributed by atoms with Crippen molar-refractivity contribution in [3.05, 3.63) is 94.3 Å². The number of carboxylic acid groups (broad SMARTS) is 1. The van der Waals surface area contributed by atoms with Crippen LogP contribution < -0.4 is 10.3 Å². The van der Waals surface area contributed by atoms with Crippen molar-refractivity contribution in [1.82, 2.24) is 14.1 Å². The third kappa shape index (κ3) is 4.67. The molecular formula is C27H25N3O6S. The number of aromatic carboxylic acids is 1. The fraction of sp³-hybridized carbons (Fsp3) is 0.222. The number of benzene rings is 3. The number of hydrogen-bond acceptors (Lipinski definition) is 5. The van der Waals surface area contributed by atoms with Gasteiger partial charge in [0, 0.05) is 5.56 Å². The van der Waals surface area contributed by atoms with E-state index in [1.54, 1.807) is 10.7 Å². The summed E-state index contributed by atoms with van der Waals surface area (Å²) < 4.78 is 31.1. The van der Waals surface area contributed by atoms with E-state index in [1.165, 1.54) is 12.1 Å². The standard InChI is InChI=1S/C27H25N3O6S/c31-25(28-37(35,36)22-14-11-18(12-15-22)27(33)34)19-13-16-24-23(17-19)26(32)30(21-9-5-2-6-10-21)29(24)20-7-3-1-4-8-20/h2,5-6,9-17,20H,1,3-4,7-8H2,(H,28,31)(H,33,34). The maximum Gasteiger partial charge on any atom is 0.335 e. The van der Waals surface area contributed by atoms with Gasteiger partial charge in [0.1, 0.15) is 0 Å². The van der Waals surface area contributed by atoms with Crippen LogP contribution in [0.25, 0.3) is 16.6 Å². The minimum absolute atomic E-state index is 0.0244. The van der Waals surface area contributed by atoms with E-state index in [9.17, 15) is 22.8 Å². The van der Waals surface area contributed by atoms with Gasteiger partial charge in [-0.15, -0.1) is 0 Å². The van der Waals surface area contributed by atoms with E-state index in [1.807, 2.05) is 39.7 Å². The summed E-state index contributed by atoms with van der Waals surface area (Å²) in [5, 5.41) is 9.33. The number of fused-ring (bicyclic) bond motifs is 1. The molecule has 190 valence electrons. The Labute approximate surface area is 213 Å². The number of aromatic nitrogens is 2. The molecule has 1 saturated carbocycles. The lowest BCUT2D eigenvalue weighted by atomic mass is 9.95. The molecule has 3 aromatic carbocycles. The second-order valence-corrected chi connectivity index (χ2v) is 10.8. The zero-order valence-electron chi connectivity index (χ0n) is 19.8. The van der Waals surface area contributed by atoms with Gasteiger partial charge < -0.3 is 5.11 Å². The van der Waals surface area contributed by atoms with Crippen LogP contribution in [0.2, 0.25) is 0 Å². The molecule has 1 aliphatic carbocycles. The second-order valence-electron chi connectivity index (χ2n) is 9.08. The van der Waals surface area contributed by atoms with E-state index >= 15 is 0 Å². The van der Waals surface area contributed by atoms with E-state index in [0.717, 1.165) is 56.4 Å². The number of para-hydroxylation sites is 1. The van der Waals surface area contributed by atoms with Crippen molar-refractivity contribution in [1.29, 1.82) is 0 Å². The molecule has 0 spiro atoms. The number of amides is 1. The molecule has 1 aromatic heterocycles. The molecule has 0 radical (unpaired) electrons. The average molecular weight is 520 g/mol. The van der Waals surface area contributed by atoms with Gasteiger partial charge in [-0.05, 0) is 67.4 Å². The van der Waals surface area contributed by atoms with Gasteiger partial charge in [0.15, 0.2) is 0 Å². The fourth-order valence-corrected chi connectivity index (χ4v) is 5.86. The second kappa shape index (κ2) is 9.70. The van der Waals surface area contributed by atoms with Crippen LogP contribution in [-0.4, -0.2) is 34.8 Å². The summed E-state index contributed by atoms with van der Waals surface area (Å²) in [6.45, 7) is 0. The van der Waals surface area contributed by atoms with E-state index < -0.39 is 21.9 Å². The van der Waals surface area contributed by atoms with E-state index in [2.05, 4.69) is 0 Å². The first kappa shape index (κ1) is 24.5. The van der Waals surface area contributed by atoms with Gasteiger partial charge in [0.25, 0.3) is 21.5 Å². The molecule has 9 nitrogen and oxygen atoms in total. The van der Waals surface area contributed by atoms with Crippen molar-refractivity contribution >= 4 is 32.8 Å². The van der Waals surface area contributed by atoms with Gasteiger partial charge in [-0.2, -0.15) is 0 Å². The molecular weight excluding hydrogens is 494 g/mol. The van der Waals surface area contributed by atoms with Crippen molar-refractivity contribution in [2.75, 3.05) is 0 Å². The number of carbonyl (C=O) groups is 2. The topological polar surface area (TPSA) is 127 Å². The molecule has 1 heterocycles. The highest BCUT2D eigenvalue weighted by molar-refractivity contribution is 7.90. The number of carbonyl (C=O) groups excluding carboxylic acids is 1. The lowest BCUT2D eigenvalue weighted by Gasteiger charge is -2.26. The first-order valence-corrected chi connectivity index (χ1v) is 13.5. The van der Waals surface area contributed by atoms with Crippen molar-refractivity contribution in [2.45, 2.75) is 43.0 Å². The number of hydrogen-bond donors (Lipinski definition) is 2. The third-order valence-corrected chi connectivity index (χ3v) is 8.05. The minimum atomic E-state index is -4.26. The maximum absolute atomic E-state index is 13.6. The van der Waals surface area contributed by atoms with Crippen LogP contribution in [0, 0.1) is 0 Å². The van der Waals surface area contributed by atoms with Crippen LogP contribution in [-0.2, 0) is 10.0 Å². The van der Waals surface area contributed by atoms with Gasteiger partial charge in [0.05, 0.1) is 33.1 Å². The molecule has 10 heteroatoms. The minimum Gasteiger partial charge on any atom is -0.478 e. The summed E-state index contributed by atoms with van der Waals surface area (Å²) in [5.41, 5.74) is 1.06. The number of carboxylic acids is 1. The van der Waals surface area contributed by atoms with Gasteiger partial charge in [-0.3, -0.25) is 14.3 Å².